The molecule has 0 spiro atoms. The van der Waals surface area contributed by atoms with Crippen LogP contribution >= 0.6 is 0 Å². The van der Waals surface area contributed by atoms with Gasteiger partial charge >= 0.3 is 0 Å². The number of rotatable bonds is 5. The average molecular weight is 378 g/mol. The summed E-state index contributed by atoms with van der Waals surface area (Å²) < 4.78 is 5.95. The topological polar surface area (TPSA) is 69.5 Å². The van der Waals surface area contributed by atoms with Gasteiger partial charge < -0.3 is 14.5 Å². The first kappa shape index (κ1) is 18.7. The van der Waals surface area contributed by atoms with Crippen LogP contribution in [0.2, 0.25) is 0 Å². The van der Waals surface area contributed by atoms with E-state index >= 15 is 0 Å². The van der Waals surface area contributed by atoms with Crippen molar-refractivity contribution in [1.29, 1.82) is 5.26 Å². The second kappa shape index (κ2) is 8.15. The fourth-order valence-electron chi connectivity index (χ4n) is 4.26. The van der Waals surface area contributed by atoms with Crippen molar-refractivity contribution < 1.29 is 9.53 Å². The summed E-state index contributed by atoms with van der Waals surface area (Å²) in [6.45, 7) is 2.51. The van der Waals surface area contributed by atoms with Gasteiger partial charge in [-0.3, -0.25) is 4.79 Å². The Bertz CT molecular complexity index is 907. The summed E-state index contributed by atoms with van der Waals surface area (Å²) in [5, 5.41) is 10.2. The van der Waals surface area contributed by atoms with Crippen molar-refractivity contribution in [2.45, 2.75) is 44.2 Å². The lowest BCUT2D eigenvalue weighted by Gasteiger charge is -2.19. The van der Waals surface area contributed by atoms with Crippen LogP contribution < -0.4 is 4.74 Å². The molecule has 1 aromatic heterocycles. The zero-order valence-corrected chi connectivity index (χ0v) is 16.3. The quantitative estimate of drug-likeness (QED) is 0.799. The van der Waals surface area contributed by atoms with Crippen molar-refractivity contribution in [3.63, 3.8) is 0 Å². The molecule has 0 radical (unpaired) electrons. The Balaban J connectivity index is 1.42. The number of carbonyl (C=O) groups is 1. The number of nitriles is 1. The van der Waals surface area contributed by atoms with Crippen molar-refractivity contribution in [3.8, 4) is 11.8 Å². The van der Waals surface area contributed by atoms with Crippen LogP contribution in [0.15, 0.2) is 30.3 Å². The molecule has 2 saturated heterocycles. The van der Waals surface area contributed by atoms with E-state index in [1.54, 1.807) is 11.0 Å². The van der Waals surface area contributed by atoms with Crippen molar-refractivity contribution in [3.05, 3.63) is 36.0 Å². The van der Waals surface area contributed by atoms with E-state index in [9.17, 15) is 10.1 Å². The van der Waals surface area contributed by atoms with E-state index in [0.717, 1.165) is 35.9 Å². The van der Waals surface area contributed by atoms with Gasteiger partial charge in [-0.1, -0.05) is 6.07 Å². The minimum Gasteiger partial charge on any atom is -0.494 e. The molecule has 1 amide bonds. The Kier molecular flexibility index (Phi) is 5.45. The summed E-state index contributed by atoms with van der Waals surface area (Å²) in [4.78, 5) is 21.3. The van der Waals surface area contributed by atoms with Crippen LogP contribution in [0, 0.1) is 11.3 Å². The molecule has 0 N–H and O–H groups in total. The van der Waals surface area contributed by atoms with E-state index in [1.165, 1.54) is 19.4 Å². The summed E-state index contributed by atoms with van der Waals surface area (Å²) in [5.41, 5.74) is 1.16. The monoisotopic (exact) mass is 378 g/mol. The van der Waals surface area contributed by atoms with Gasteiger partial charge in [-0.05, 0) is 70.0 Å². The van der Waals surface area contributed by atoms with Gasteiger partial charge in [-0.15, -0.1) is 0 Å². The van der Waals surface area contributed by atoms with Gasteiger partial charge in [0.05, 0.1) is 18.2 Å². The smallest absolute Gasteiger partial charge is 0.273 e. The van der Waals surface area contributed by atoms with Gasteiger partial charge in [0.1, 0.15) is 17.5 Å². The first-order valence-corrected chi connectivity index (χ1v) is 10.1. The van der Waals surface area contributed by atoms with Gasteiger partial charge in [0.2, 0.25) is 0 Å². The summed E-state index contributed by atoms with van der Waals surface area (Å²) in [7, 11) is 2.18. The third-order valence-electron chi connectivity index (χ3n) is 5.93. The molecule has 2 fully saturated rings. The summed E-state index contributed by atoms with van der Waals surface area (Å²) in [6, 6.07) is 11.9. The highest BCUT2D eigenvalue weighted by Gasteiger charge is 2.30. The number of hydrogen-bond acceptors (Lipinski definition) is 5. The maximum Gasteiger partial charge on any atom is 0.273 e. The highest BCUT2D eigenvalue weighted by atomic mass is 16.5. The molecule has 0 aliphatic carbocycles. The lowest BCUT2D eigenvalue weighted by Crippen LogP contribution is -2.35. The molecule has 6 heteroatoms. The van der Waals surface area contributed by atoms with Crippen LogP contribution in [-0.2, 0) is 0 Å². The van der Waals surface area contributed by atoms with E-state index in [-0.39, 0.29) is 11.9 Å². The largest absolute Gasteiger partial charge is 0.494 e. The molecule has 3 heterocycles. The Morgan fingerprint density at radius 2 is 2.11 bits per heavy atom. The zero-order valence-electron chi connectivity index (χ0n) is 16.3. The van der Waals surface area contributed by atoms with Gasteiger partial charge in [0.25, 0.3) is 5.91 Å². The molecule has 28 heavy (non-hydrogen) atoms. The Labute approximate surface area is 165 Å². The van der Waals surface area contributed by atoms with Crippen LogP contribution in [0.3, 0.4) is 0 Å². The zero-order chi connectivity index (χ0) is 19.5. The summed E-state index contributed by atoms with van der Waals surface area (Å²) in [6.07, 6.45) is 5.18. The number of aromatic nitrogens is 1. The number of ether oxygens (including phenoxy) is 1. The Morgan fingerprint density at radius 3 is 2.89 bits per heavy atom. The van der Waals surface area contributed by atoms with E-state index < -0.39 is 0 Å². The number of benzene rings is 1. The minimum atomic E-state index is -0.334. The second-order valence-electron chi connectivity index (χ2n) is 7.75. The minimum absolute atomic E-state index is 0.160. The van der Waals surface area contributed by atoms with E-state index in [2.05, 4.69) is 23.0 Å². The maximum absolute atomic E-state index is 12.7. The first-order chi connectivity index (χ1) is 13.7. The number of likely N-dealkylation sites (tertiary alicyclic amines) is 2. The molecule has 6 nitrogen and oxygen atoms in total. The molecular formula is C22H26N4O2. The lowest BCUT2D eigenvalue weighted by molar-refractivity contribution is 0.0759. The normalized spacial score (nSPS) is 22.5. The van der Waals surface area contributed by atoms with Gasteiger partial charge in [0, 0.05) is 18.0 Å². The molecular weight excluding hydrogens is 352 g/mol. The SMILES string of the molecule is CN1CCCC1CCOc1ccc2nc(C(=O)N3CCCC3C#N)ccc2c1. The van der Waals surface area contributed by atoms with Gasteiger partial charge in [-0.2, -0.15) is 5.26 Å². The lowest BCUT2D eigenvalue weighted by atomic mass is 10.1. The molecule has 0 saturated carbocycles. The maximum atomic E-state index is 12.7. The highest BCUT2D eigenvalue weighted by Crippen LogP contribution is 2.24. The molecule has 2 aliphatic rings. The average Bonchev–Trinajstić information content (AvgIpc) is 3.36. The fraction of sp³-hybridized carbons (Fsp3) is 0.500. The number of amides is 1. The standard InChI is InChI=1S/C22H26N4O2/c1-25-11-2-4-17(25)10-13-28-19-7-9-20-16(14-19)6-8-21(24-20)22(27)26-12-3-5-18(26)15-23/h6-9,14,17-18H,2-5,10-13H2,1H3. The van der Waals surface area contributed by atoms with E-state index in [4.69, 9.17) is 4.74 Å². The molecule has 146 valence electrons. The first-order valence-electron chi connectivity index (χ1n) is 10.1. The summed E-state index contributed by atoms with van der Waals surface area (Å²) >= 11 is 0. The fourth-order valence-corrected chi connectivity index (χ4v) is 4.26. The third-order valence-corrected chi connectivity index (χ3v) is 5.93. The third kappa shape index (κ3) is 3.81. The van der Waals surface area contributed by atoms with Crippen molar-refractivity contribution in [2.75, 3.05) is 26.7 Å². The van der Waals surface area contributed by atoms with E-state index in [0.29, 0.717) is 24.9 Å². The molecule has 2 unspecified atom stereocenters. The molecule has 2 aliphatic heterocycles. The second-order valence-corrected chi connectivity index (χ2v) is 7.75. The molecule has 2 atom stereocenters. The van der Waals surface area contributed by atoms with Crippen molar-refractivity contribution in [2.24, 2.45) is 0 Å². The van der Waals surface area contributed by atoms with Gasteiger partial charge in [0.15, 0.2) is 0 Å². The number of nitrogens with zero attached hydrogens (tertiary/aromatic N) is 4. The van der Waals surface area contributed by atoms with Crippen LogP contribution in [0.1, 0.15) is 42.6 Å². The Hall–Kier alpha value is -2.65. The molecule has 1 aromatic carbocycles. The van der Waals surface area contributed by atoms with Crippen molar-refractivity contribution in [1.82, 2.24) is 14.8 Å². The van der Waals surface area contributed by atoms with Crippen LogP contribution in [0.4, 0.5) is 0 Å². The number of fused-ring (bicyclic) bond motifs is 1. The highest BCUT2D eigenvalue weighted by molar-refractivity contribution is 5.95. The molecule has 2 aromatic rings. The van der Waals surface area contributed by atoms with Crippen LogP contribution in [0.25, 0.3) is 10.9 Å². The molecule has 0 bridgehead atoms. The van der Waals surface area contributed by atoms with E-state index in [1.807, 2.05) is 24.3 Å². The molecule has 4 rings (SSSR count). The van der Waals surface area contributed by atoms with Crippen LogP contribution in [0.5, 0.6) is 5.75 Å². The number of hydrogen-bond donors (Lipinski definition) is 0. The van der Waals surface area contributed by atoms with Crippen LogP contribution in [-0.4, -0.2) is 59.5 Å². The Morgan fingerprint density at radius 1 is 1.25 bits per heavy atom. The summed E-state index contributed by atoms with van der Waals surface area (Å²) in [5.74, 6) is 0.671. The van der Waals surface area contributed by atoms with Gasteiger partial charge in [-0.25, -0.2) is 4.98 Å². The predicted molar refractivity (Wildman–Crippen MR) is 107 cm³/mol. The number of carbonyl (C=O) groups excluding carboxylic acids is 1. The number of pyridine rings is 1. The van der Waals surface area contributed by atoms with Crippen molar-refractivity contribution >= 4 is 16.8 Å². The predicted octanol–water partition coefficient (Wildman–Crippen LogP) is 3.23.